The van der Waals surface area contributed by atoms with Crippen molar-refractivity contribution >= 4 is 17.6 Å². The number of aromatic nitrogens is 2. The molecule has 0 atom stereocenters. The molecule has 3 aromatic rings. The Morgan fingerprint density at radius 3 is 2.51 bits per heavy atom. The largest absolute Gasteiger partial charge is 0.493 e. The zero-order valence-electron chi connectivity index (χ0n) is 22.9. The van der Waals surface area contributed by atoms with Crippen molar-refractivity contribution in [2.24, 2.45) is 13.0 Å². The summed E-state index contributed by atoms with van der Waals surface area (Å²) >= 11 is 0. The normalized spacial score (nSPS) is 15.4. The molecule has 1 aliphatic heterocycles. The second kappa shape index (κ2) is 13.3. The molecule has 2 aromatic heterocycles. The number of halogens is 4. The van der Waals surface area contributed by atoms with Gasteiger partial charge < -0.3 is 29.9 Å². The summed E-state index contributed by atoms with van der Waals surface area (Å²) < 4.78 is 58.2. The Hall–Kier alpha value is -3.10. The Kier molecular flexibility index (Phi) is 10.1. The number of nitrogens with one attached hydrogen (secondary N) is 2. The monoisotopic (exact) mass is 730 g/mol. The first-order chi connectivity index (χ1) is 19.9. The maximum atomic E-state index is 13.5. The molecule has 0 bridgehead atoms. The summed E-state index contributed by atoms with van der Waals surface area (Å²) in [6.07, 6.45) is 3.96. The third kappa shape index (κ3) is 8.09. The molecule has 1 saturated carbocycles. The Labute approximate surface area is 276 Å². The van der Waals surface area contributed by atoms with Crippen molar-refractivity contribution in [2.45, 2.75) is 31.9 Å². The number of ether oxygens (including phenoxy) is 1. The van der Waals surface area contributed by atoms with E-state index in [4.69, 9.17) is 0 Å². The van der Waals surface area contributed by atoms with Crippen LogP contribution in [0.15, 0.2) is 47.4 Å². The summed E-state index contributed by atoms with van der Waals surface area (Å²) in [5.41, 5.74) is -0.0802. The van der Waals surface area contributed by atoms with Crippen molar-refractivity contribution in [3.8, 4) is 22.8 Å². The van der Waals surface area contributed by atoms with Crippen molar-refractivity contribution in [2.75, 3.05) is 25.0 Å². The van der Waals surface area contributed by atoms with Crippen LogP contribution >= 0.6 is 0 Å². The van der Waals surface area contributed by atoms with Gasteiger partial charge in [0.1, 0.15) is 17.1 Å². The first-order valence-corrected chi connectivity index (χ1v) is 13.1. The number of aryl methyl sites for hydroxylation is 1. The van der Waals surface area contributed by atoms with Crippen molar-refractivity contribution < 1.29 is 78.3 Å². The minimum Gasteiger partial charge on any atom is -0.493 e. The maximum Gasteiger partial charge on any atom is 0.387 e. The van der Waals surface area contributed by atoms with Crippen LogP contribution < -0.4 is 20.9 Å². The Morgan fingerprint density at radius 2 is 1.86 bits per heavy atom. The summed E-state index contributed by atoms with van der Waals surface area (Å²) in [6, 6.07) is 7.27. The molecule has 1 saturated heterocycles. The van der Waals surface area contributed by atoms with E-state index in [0.29, 0.717) is 18.0 Å². The van der Waals surface area contributed by atoms with Crippen molar-refractivity contribution in [3.63, 3.8) is 0 Å². The van der Waals surface area contributed by atoms with Gasteiger partial charge in [0.15, 0.2) is 0 Å². The molecular weight excluding hydrogens is 703 g/mol. The third-order valence-electron chi connectivity index (χ3n) is 6.89. The Morgan fingerprint density at radius 1 is 1.14 bits per heavy atom. The Balaban J connectivity index is 0.00000423. The second-order valence-electron chi connectivity index (χ2n) is 10.4. The van der Waals surface area contributed by atoms with Crippen molar-refractivity contribution in [1.29, 1.82) is 0 Å². The standard InChI is InChI=1S/C28H27F4N5O5.Pr/c1-36-12-16(11-33-10-15-2-3-15)6-21(25(36)40)24(39)35-22-7-17(8-23(38)34-22)19-5-4-18(42-27(29)30)9-20(19)26(41)37-13-28(31,32)14-37;/h4-9,12,15,27,33H,2-3,10-11,13-14H2,1H3,(H2,34,35,38,39);. The molecule has 2 amide bonds. The summed E-state index contributed by atoms with van der Waals surface area (Å²) in [4.78, 5) is 43.6. The van der Waals surface area contributed by atoms with Crippen LogP contribution in [0.3, 0.4) is 0 Å². The number of likely N-dealkylation sites (tertiary alicyclic amines) is 1. The topological polar surface area (TPSA) is 126 Å². The minimum atomic E-state index is -3.20. The van der Waals surface area contributed by atoms with Crippen LogP contribution in [0.1, 0.15) is 39.1 Å². The Bertz CT molecular complexity index is 1590. The van der Waals surface area contributed by atoms with Crippen molar-refractivity contribution in [3.05, 3.63) is 69.6 Å². The predicted molar refractivity (Wildman–Crippen MR) is 143 cm³/mol. The molecular formula is C28H27F4N5O5Pr. The molecule has 1 aromatic carbocycles. The maximum absolute atomic E-state index is 13.5. The van der Waals surface area contributed by atoms with Gasteiger partial charge in [-0.15, -0.1) is 0 Å². The molecule has 5 rings (SSSR count). The van der Waals surface area contributed by atoms with Gasteiger partial charge in [0, 0.05) is 67.1 Å². The van der Waals surface area contributed by atoms with E-state index in [2.05, 4.69) is 20.4 Å². The van der Waals surface area contributed by atoms with Crippen LogP contribution in [0.5, 0.6) is 11.6 Å². The average molecular weight is 730 g/mol. The minimum absolute atomic E-state index is 0. The van der Waals surface area contributed by atoms with Crippen LogP contribution in [0.25, 0.3) is 11.1 Å². The van der Waals surface area contributed by atoms with Gasteiger partial charge in [-0.25, -0.2) is 8.78 Å². The van der Waals surface area contributed by atoms with Gasteiger partial charge in [-0.1, -0.05) is 0 Å². The summed E-state index contributed by atoms with van der Waals surface area (Å²) in [5, 5.41) is 16.1. The number of anilines is 1. The number of carbonyl (C=O) groups is 2. The van der Waals surface area contributed by atoms with E-state index >= 15 is 0 Å². The van der Waals surface area contributed by atoms with Gasteiger partial charge in [-0.2, -0.15) is 13.8 Å². The number of amides is 2. The van der Waals surface area contributed by atoms with E-state index in [1.807, 2.05) is 0 Å². The molecule has 225 valence electrons. The molecule has 2 fully saturated rings. The zero-order valence-corrected chi connectivity index (χ0v) is 26.7. The van der Waals surface area contributed by atoms with Crippen molar-refractivity contribution in [1.82, 2.24) is 19.8 Å². The van der Waals surface area contributed by atoms with E-state index in [0.717, 1.165) is 29.6 Å². The van der Waals surface area contributed by atoms with E-state index in [-0.39, 0.29) is 75.1 Å². The summed E-state index contributed by atoms with van der Waals surface area (Å²) in [7, 11) is 1.52. The molecule has 10 nitrogen and oxygen atoms in total. The number of alkyl halides is 4. The van der Waals surface area contributed by atoms with Gasteiger partial charge in [0.25, 0.3) is 23.3 Å². The molecule has 2 aliphatic rings. The van der Waals surface area contributed by atoms with Crippen LogP contribution in [0.2, 0.25) is 0 Å². The SMILES string of the molecule is Cn1cc(CNCC2CC2)cc(C(=O)Nc2cc(-c3ccc(OC(F)F)cc3C(=O)N3CC(F)(F)C3)cc(O)n2)c1=O.[Pr]. The first kappa shape index (κ1) is 32.8. The molecule has 1 radical (unpaired) electrons. The number of nitrogens with zero attached hydrogens (tertiary/aromatic N) is 3. The number of pyridine rings is 2. The quantitative estimate of drug-likeness (QED) is 0.273. The van der Waals surface area contributed by atoms with Gasteiger partial charge in [-0.05, 0) is 72.3 Å². The molecule has 1 aliphatic carbocycles. The van der Waals surface area contributed by atoms with Gasteiger partial charge in [-0.3, -0.25) is 14.4 Å². The molecule has 43 heavy (non-hydrogen) atoms. The van der Waals surface area contributed by atoms with E-state index in [9.17, 15) is 37.1 Å². The number of hydrogen-bond donors (Lipinski definition) is 3. The number of benzene rings is 1. The second-order valence-corrected chi connectivity index (χ2v) is 10.4. The smallest absolute Gasteiger partial charge is 0.387 e. The van der Waals surface area contributed by atoms with Gasteiger partial charge >= 0.3 is 6.61 Å². The fraction of sp³-hybridized carbons (Fsp3) is 0.357. The van der Waals surface area contributed by atoms with Crippen LogP contribution in [-0.2, 0) is 13.6 Å². The molecule has 15 heteroatoms. The van der Waals surface area contributed by atoms with Crippen LogP contribution in [-0.4, -0.2) is 63.5 Å². The van der Waals surface area contributed by atoms with Gasteiger partial charge in [0.2, 0.25) is 5.88 Å². The molecule has 0 spiro atoms. The van der Waals surface area contributed by atoms with Gasteiger partial charge in [0.05, 0.1) is 18.7 Å². The third-order valence-corrected chi connectivity index (χ3v) is 6.89. The fourth-order valence-electron chi connectivity index (χ4n) is 4.66. The average Bonchev–Trinajstić information content (AvgIpc) is 3.72. The van der Waals surface area contributed by atoms with Crippen LogP contribution in [0, 0.1) is 47.2 Å². The van der Waals surface area contributed by atoms with E-state index in [1.54, 1.807) is 6.20 Å². The fourth-order valence-corrected chi connectivity index (χ4v) is 4.66. The number of hydrogen-bond acceptors (Lipinski definition) is 7. The molecule has 3 heterocycles. The number of rotatable bonds is 10. The first-order valence-electron chi connectivity index (χ1n) is 13.1. The van der Waals surface area contributed by atoms with Crippen LogP contribution in [0.4, 0.5) is 23.4 Å². The molecule has 0 unspecified atom stereocenters. The zero-order chi connectivity index (χ0) is 30.2. The number of aromatic hydroxyl groups is 1. The number of carbonyl (C=O) groups excluding carboxylic acids is 2. The predicted octanol–water partition coefficient (Wildman–Crippen LogP) is 3.60. The summed E-state index contributed by atoms with van der Waals surface area (Å²) in [6.45, 7) is -3.61. The molecule has 3 N–H and O–H groups in total. The summed E-state index contributed by atoms with van der Waals surface area (Å²) in [5.74, 6) is -5.23. The van der Waals surface area contributed by atoms with E-state index < -0.39 is 48.9 Å². The van der Waals surface area contributed by atoms with E-state index in [1.165, 1.54) is 42.7 Å².